The van der Waals surface area contributed by atoms with E-state index in [9.17, 15) is 0 Å². The minimum absolute atomic E-state index is 0.480. The number of aromatic nitrogens is 3. The van der Waals surface area contributed by atoms with Gasteiger partial charge >= 0.3 is 0 Å². The zero-order chi connectivity index (χ0) is 9.97. The Bertz CT molecular complexity index is 281. The molecule has 0 aliphatic heterocycles. The molecule has 1 aromatic rings. The molecule has 5 nitrogen and oxygen atoms in total. The molecule has 1 aliphatic carbocycles. The van der Waals surface area contributed by atoms with Gasteiger partial charge in [-0.25, -0.2) is 4.68 Å². The molecule has 0 unspecified atom stereocenters. The molecule has 14 heavy (non-hydrogen) atoms. The van der Waals surface area contributed by atoms with E-state index in [1.807, 2.05) is 0 Å². The quantitative estimate of drug-likeness (QED) is 0.734. The minimum atomic E-state index is 0.480. The summed E-state index contributed by atoms with van der Waals surface area (Å²) in [5.41, 5.74) is 5.59. The third kappa shape index (κ3) is 2.04. The van der Waals surface area contributed by atoms with Gasteiger partial charge < -0.3 is 11.1 Å². The highest BCUT2D eigenvalue weighted by Crippen LogP contribution is 2.17. The first-order valence-corrected chi connectivity index (χ1v) is 5.14. The van der Waals surface area contributed by atoms with Crippen LogP contribution in [-0.4, -0.2) is 20.8 Å². The average Bonchev–Trinajstić information content (AvgIpc) is 2.74. The van der Waals surface area contributed by atoms with E-state index in [-0.39, 0.29) is 0 Å². The van der Waals surface area contributed by atoms with Crippen LogP contribution in [0.2, 0.25) is 0 Å². The summed E-state index contributed by atoms with van der Waals surface area (Å²) in [6.07, 6.45) is 5.25. The van der Waals surface area contributed by atoms with E-state index in [1.165, 1.54) is 25.7 Å². The Morgan fingerprint density at radius 2 is 2.21 bits per heavy atom. The monoisotopic (exact) mass is 195 g/mol. The lowest BCUT2D eigenvalue weighted by atomic mass is 10.2. The molecule has 0 amide bonds. The SMILES string of the molecule is Cn1nc(CNC2CCCC2)nc1N. The zero-order valence-electron chi connectivity index (χ0n) is 8.53. The molecule has 0 spiro atoms. The van der Waals surface area contributed by atoms with Crippen molar-refractivity contribution in [2.45, 2.75) is 38.3 Å². The Labute approximate surface area is 83.7 Å². The standard InChI is InChI=1S/C9H17N5/c1-14-9(10)12-8(13-14)6-11-7-4-2-3-5-7/h7,11H,2-6H2,1H3,(H2,10,12,13). The number of hydrogen-bond donors (Lipinski definition) is 2. The van der Waals surface area contributed by atoms with E-state index >= 15 is 0 Å². The summed E-state index contributed by atoms with van der Waals surface area (Å²) >= 11 is 0. The van der Waals surface area contributed by atoms with Crippen LogP contribution in [0.5, 0.6) is 0 Å². The fourth-order valence-electron chi connectivity index (χ4n) is 1.89. The van der Waals surface area contributed by atoms with Gasteiger partial charge in [0.15, 0.2) is 5.82 Å². The van der Waals surface area contributed by atoms with Gasteiger partial charge in [-0.3, -0.25) is 0 Å². The van der Waals surface area contributed by atoms with Gasteiger partial charge in [0.1, 0.15) is 0 Å². The highest BCUT2D eigenvalue weighted by molar-refractivity contribution is 5.15. The molecule has 78 valence electrons. The lowest BCUT2D eigenvalue weighted by molar-refractivity contribution is 0.512. The van der Waals surface area contributed by atoms with Crippen molar-refractivity contribution in [1.82, 2.24) is 20.1 Å². The summed E-state index contributed by atoms with van der Waals surface area (Å²) in [6.45, 7) is 0.732. The predicted octanol–water partition coefficient (Wildman–Crippen LogP) is 0.429. The second-order valence-corrected chi connectivity index (χ2v) is 3.87. The molecule has 5 heteroatoms. The maximum Gasteiger partial charge on any atom is 0.218 e. The molecule has 0 aromatic carbocycles. The van der Waals surface area contributed by atoms with E-state index in [2.05, 4.69) is 15.4 Å². The normalized spacial score (nSPS) is 17.8. The summed E-state index contributed by atoms with van der Waals surface area (Å²) in [5, 5.41) is 7.63. The largest absolute Gasteiger partial charge is 0.368 e. The number of nitrogen functional groups attached to an aromatic ring is 1. The molecule has 1 fully saturated rings. The maximum absolute atomic E-state index is 5.59. The lowest BCUT2D eigenvalue weighted by Crippen LogP contribution is -2.25. The first kappa shape index (κ1) is 9.45. The molecule has 0 bridgehead atoms. The van der Waals surface area contributed by atoms with Crippen molar-refractivity contribution in [3.63, 3.8) is 0 Å². The first-order valence-electron chi connectivity index (χ1n) is 5.14. The van der Waals surface area contributed by atoms with Crippen LogP contribution in [-0.2, 0) is 13.6 Å². The highest BCUT2D eigenvalue weighted by atomic mass is 15.4. The Kier molecular flexibility index (Phi) is 2.67. The van der Waals surface area contributed by atoms with Crippen molar-refractivity contribution in [2.75, 3.05) is 5.73 Å². The van der Waals surface area contributed by atoms with Gasteiger partial charge in [0, 0.05) is 13.1 Å². The fraction of sp³-hybridized carbons (Fsp3) is 0.778. The van der Waals surface area contributed by atoms with Crippen molar-refractivity contribution in [1.29, 1.82) is 0 Å². The molecule has 0 atom stereocenters. The molecule has 1 heterocycles. The number of hydrogen-bond acceptors (Lipinski definition) is 4. The second kappa shape index (κ2) is 3.96. The Balaban J connectivity index is 1.85. The Hall–Kier alpha value is -1.10. The van der Waals surface area contributed by atoms with Gasteiger partial charge in [-0.1, -0.05) is 12.8 Å². The summed E-state index contributed by atoms with van der Waals surface area (Å²) in [4.78, 5) is 4.14. The van der Waals surface area contributed by atoms with Gasteiger partial charge in [-0.2, -0.15) is 10.1 Å². The van der Waals surface area contributed by atoms with Gasteiger partial charge in [0.25, 0.3) is 0 Å². The van der Waals surface area contributed by atoms with E-state index in [0.29, 0.717) is 12.0 Å². The number of nitrogens with two attached hydrogens (primary N) is 1. The summed E-state index contributed by atoms with van der Waals surface area (Å²) < 4.78 is 1.60. The van der Waals surface area contributed by atoms with Crippen molar-refractivity contribution in [2.24, 2.45) is 7.05 Å². The third-order valence-corrected chi connectivity index (χ3v) is 2.74. The lowest BCUT2D eigenvalue weighted by Gasteiger charge is -2.08. The smallest absolute Gasteiger partial charge is 0.218 e. The molecule has 1 saturated carbocycles. The maximum atomic E-state index is 5.59. The van der Waals surface area contributed by atoms with Crippen LogP contribution in [0.4, 0.5) is 5.95 Å². The van der Waals surface area contributed by atoms with E-state index in [1.54, 1.807) is 11.7 Å². The van der Waals surface area contributed by atoms with E-state index < -0.39 is 0 Å². The van der Waals surface area contributed by atoms with Crippen LogP contribution >= 0.6 is 0 Å². The zero-order valence-corrected chi connectivity index (χ0v) is 8.53. The molecule has 2 rings (SSSR count). The molecular weight excluding hydrogens is 178 g/mol. The van der Waals surface area contributed by atoms with Crippen LogP contribution in [0, 0.1) is 0 Å². The average molecular weight is 195 g/mol. The molecular formula is C9H17N5. The predicted molar refractivity (Wildman–Crippen MR) is 54.5 cm³/mol. The number of anilines is 1. The molecule has 1 aliphatic rings. The summed E-state index contributed by atoms with van der Waals surface area (Å²) in [7, 11) is 1.81. The molecule has 3 N–H and O–H groups in total. The Morgan fingerprint density at radius 3 is 2.79 bits per heavy atom. The highest BCUT2D eigenvalue weighted by Gasteiger charge is 2.14. The van der Waals surface area contributed by atoms with Gasteiger partial charge in [0.05, 0.1) is 6.54 Å². The van der Waals surface area contributed by atoms with Crippen LogP contribution < -0.4 is 11.1 Å². The topological polar surface area (TPSA) is 68.8 Å². The molecule has 1 aromatic heterocycles. The van der Waals surface area contributed by atoms with Crippen molar-refractivity contribution in [3.05, 3.63) is 5.82 Å². The van der Waals surface area contributed by atoms with Crippen molar-refractivity contribution < 1.29 is 0 Å². The van der Waals surface area contributed by atoms with E-state index in [0.717, 1.165) is 12.4 Å². The molecule has 0 saturated heterocycles. The number of nitrogens with zero attached hydrogens (tertiary/aromatic N) is 3. The minimum Gasteiger partial charge on any atom is -0.368 e. The summed E-state index contributed by atoms with van der Waals surface area (Å²) in [6, 6.07) is 0.653. The number of nitrogens with one attached hydrogen (secondary N) is 1. The van der Waals surface area contributed by atoms with Crippen molar-refractivity contribution in [3.8, 4) is 0 Å². The van der Waals surface area contributed by atoms with Crippen LogP contribution in [0.25, 0.3) is 0 Å². The van der Waals surface area contributed by atoms with Gasteiger partial charge in [-0.15, -0.1) is 0 Å². The number of aryl methyl sites for hydroxylation is 1. The van der Waals surface area contributed by atoms with Gasteiger partial charge in [-0.05, 0) is 12.8 Å². The number of rotatable bonds is 3. The van der Waals surface area contributed by atoms with Crippen LogP contribution in [0.15, 0.2) is 0 Å². The molecule has 0 radical (unpaired) electrons. The van der Waals surface area contributed by atoms with E-state index in [4.69, 9.17) is 5.73 Å². The summed E-state index contributed by atoms with van der Waals surface area (Å²) in [5.74, 6) is 1.27. The van der Waals surface area contributed by atoms with Crippen LogP contribution in [0.3, 0.4) is 0 Å². The van der Waals surface area contributed by atoms with Crippen molar-refractivity contribution >= 4 is 5.95 Å². The Morgan fingerprint density at radius 1 is 1.50 bits per heavy atom. The fourth-order valence-corrected chi connectivity index (χ4v) is 1.89. The van der Waals surface area contributed by atoms with Gasteiger partial charge in [0.2, 0.25) is 5.95 Å². The van der Waals surface area contributed by atoms with Crippen LogP contribution in [0.1, 0.15) is 31.5 Å². The third-order valence-electron chi connectivity index (χ3n) is 2.74. The first-order chi connectivity index (χ1) is 6.75. The second-order valence-electron chi connectivity index (χ2n) is 3.87.